The Labute approximate surface area is 168 Å². The zero-order chi connectivity index (χ0) is 19.9. The van der Waals surface area contributed by atoms with Gasteiger partial charge in [0.15, 0.2) is 0 Å². The van der Waals surface area contributed by atoms with Gasteiger partial charge in [-0.2, -0.15) is 0 Å². The van der Waals surface area contributed by atoms with Crippen LogP contribution in [0.3, 0.4) is 0 Å². The highest BCUT2D eigenvalue weighted by Gasteiger charge is 2.11. The van der Waals surface area contributed by atoms with Gasteiger partial charge in [0, 0.05) is 29.3 Å². The number of ether oxygens (including phenoxy) is 2. The Morgan fingerprint density at radius 3 is 2.50 bits per heavy atom. The molecule has 0 aliphatic heterocycles. The van der Waals surface area contributed by atoms with Crippen LogP contribution >= 0.6 is 11.8 Å². The van der Waals surface area contributed by atoms with Crippen LogP contribution < -0.4 is 20.5 Å². The van der Waals surface area contributed by atoms with Crippen molar-refractivity contribution in [2.24, 2.45) is 0 Å². The molecule has 28 heavy (non-hydrogen) atoms. The molecule has 2 aromatic carbocycles. The summed E-state index contributed by atoms with van der Waals surface area (Å²) in [6, 6.07) is 16.4. The number of carbonyl (C=O) groups is 1. The smallest absolute Gasteiger partial charge is 0.255 e. The van der Waals surface area contributed by atoms with Crippen molar-refractivity contribution in [3.63, 3.8) is 0 Å². The molecule has 1 amide bonds. The summed E-state index contributed by atoms with van der Waals surface area (Å²) in [5, 5.41) is 3.70. The average molecular weight is 395 g/mol. The molecule has 0 unspecified atom stereocenters. The van der Waals surface area contributed by atoms with Crippen LogP contribution in [0.5, 0.6) is 11.5 Å². The van der Waals surface area contributed by atoms with E-state index in [4.69, 9.17) is 15.2 Å². The number of nitrogen functional groups attached to an aromatic ring is 1. The van der Waals surface area contributed by atoms with Crippen molar-refractivity contribution < 1.29 is 14.3 Å². The number of pyridine rings is 1. The summed E-state index contributed by atoms with van der Waals surface area (Å²) in [6.07, 6.45) is 1.72. The van der Waals surface area contributed by atoms with Crippen LogP contribution in [-0.4, -0.2) is 25.1 Å². The predicted octanol–water partition coefficient (Wildman–Crippen LogP) is 4.23. The van der Waals surface area contributed by atoms with Gasteiger partial charge in [0.05, 0.1) is 19.9 Å². The second-order valence-electron chi connectivity index (χ2n) is 5.94. The lowest BCUT2D eigenvalue weighted by molar-refractivity contribution is 0.102. The third-order valence-corrected chi connectivity index (χ3v) is 5.07. The van der Waals surface area contributed by atoms with Crippen molar-refractivity contribution in [1.29, 1.82) is 0 Å². The third kappa shape index (κ3) is 4.95. The molecule has 1 aromatic heterocycles. The number of nitrogens with two attached hydrogens (primary N) is 1. The topological polar surface area (TPSA) is 86.5 Å². The van der Waals surface area contributed by atoms with Gasteiger partial charge in [0.25, 0.3) is 5.91 Å². The van der Waals surface area contributed by atoms with Crippen LogP contribution in [0.1, 0.15) is 15.9 Å². The van der Waals surface area contributed by atoms with E-state index in [1.807, 2.05) is 36.4 Å². The molecule has 0 bridgehead atoms. The Kier molecular flexibility index (Phi) is 6.39. The largest absolute Gasteiger partial charge is 0.497 e. The fourth-order valence-corrected chi connectivity index (χ4v) is 3.41. The van der Waals surface area contributed by atoms with Crippen molar-refractivity contribution in [3.8, 4) is 11.5 Å². The molecule has 6 nitrogen and oxygen atoms in total. The highest BCUT2D eigenvalue weighted by molar-refractivity contribution is 7.98. The van der Waals surface area contributed by atoms with E-state index >= 15 is 0 Å². The molecule has 3 aromatic rings. The Morgan fingerprint density at radius 1 is 1.07 bits per heavy atom. The number of hydrogen-bond acceptors (Lipinski definition) is 6. The number of nitrogens with zero attached hydrogens (tertiary/aromatic N) is 1. The normalized spacial score (nSPS) is 10.4. The highest BCUT2D eigenvalue weighted by Crippen LogP contribution is 2.27. The molecule has 0 aliphatic rings. The number of benzene rings is 2. The van der Waals surface area contributed by atoms with Gasteiger partial charge in [0.2, 0.25) is 0 Å². The number of aromatic nitrogens is 1. The lowest BCUT2D eigenvalue weighted by Gasteiger charge is -2.10. The molecular weight excluding hydrogens is 374 g/mol. The molecular formula is C21H21N3O3S. The van der Waals surface area contributed by atoms with Crippen molar-refractivity contribution in [2.75, 3.05) is 25.3 Å². The van der Waals surface area contributed by atoms with Crippen molar-refractivity contribution >= 4 is 29.0 Å². The first kappa shape index (κ1) is 19.6. The number of thioether (sulfide) groups is 1. The van der Waals surface area contributed by atoms with Gasteiger partial charge in [-0.15, -0.1) is 0 Å². The second kappa shape index (κ2) is 9.14. The van der Waals surface area contributed by atoms with Gasteiger partial charge >= 0.3 is 0 Å². The number of carbonyl (C=O) groups excluding carboxylic acids is 1. The van der Waals surface area contributed by atoms with E-state index in [1.165, 1.54) is 0 Å². The van der Waals surface area contributed by atoms with Crippen molar-refractivity contribution in [3.05, 3.63) is 71.9 Å². The minimum absolute atomic E-state index is 0.240. The van der Waals surface area contributed by atoms with Gasteiger partial charge in [-0.3, -0.25) is 4.79 Å². The maximum Gasteiger partial charge on any atom is 0.255 e. The maximum atomic E-state index is 12.6. The molecule has 144 valence electrons. The van der Waals surface area contributed by atoms with Crippen LogP contribution in [0.25, 0.3) is 0 Å². The Hall–Kier alpha value is -3.19. The van der Waals surface area contributed by atoms with Crippen LogP contribution in [-0.2, 0) is 5.75 Å². The van der Waals surface area contributed by atoms with Crippen LogP contribution in [0.15, 0.2) is 65.8 Å². The summed E-state index contributed by atoms with van der Waals surface area (Å²) in [5.41, 5.74) is 8.80. The first-order chi connectivity index (χ1) is 13.6. The van der Waals surface area contributed by atoms with E-state index in [2.05, 4.69) is 10.3 Å². The summed E-state index contributed by atoms with van der Waals surface area (Å²) in [5.74, 6) is 1.57. The van der Waals surface area contributed by atoms with Gasteiger partial charge < -0.3 is 20.5 Å². The summed E-state index contributed by atoms with van der Waals surface area (Å²) in [4.78, 5) is 16.9. The van der Waals surface area contributed by atoms with E-state index < -0.39 is 0 Å². The Bertz CT molecular complexity index is 956. The number of hydrogen-bond donors (Lipinski definition) is 2. The quantitative estimate of drug-likeness (QED) is 0.583. The van der Waals surface area contributed by atoms with Crippen molar-refractivity contribution in [1.82, 2.24) is 4.98 Å². The number of anilines is 2. The zero-order valence-electron chi connectivity index (χ0n) is 15.6. The minimum Gasteiger partial charge on any atom is -0.497 e. The SMILES string of the molecule is COc1cc(OC)cc(C(=O)Nc2cccc(CSc3ncccc3N)c2)c1. The average Bonchev–Trinajstić information content (AvgIpc) is 2.73. The van der Waals surface area contributed by atoms with Gasteiger partial charge in [-0.05, 0) is 42.0 Å². The second-order valence-corrected chi connectivity index (χ2v) is 6.91. The number of rotatable bonds is 7. The van der Waals surface area contributed by atoms with Crippen LogP contribution in [0.4, 0.5) is 11.4 Å². The molecule has 0 saturated carbocycles. The number of methoxy groups -OCH3 is 2. The highest BCUT2D eigenvalue weighted by atomic mass is 32.2. The molecule has 0 atom stereocenters. The monoisotopic (exact) mass is 395 g/mol. The molecule has 0 fully saturated rings. The molecule has 3 rings (SSSR count). The number of nitrogens with one attached hydrogen (secondary N) is 1. The first-order valence-electron chi connectivity index (χ1n) is 8.55. The molecule has 0 radical (unpaired) electrons. The van der Waals surface area contributed by atoms with Crippen LogP contribution in [0, 0.1) is 0 Å². The Morgan fingerprint density at radius 2 is 1.82 bits per heavy atom. The summed E-state index contributed by atoms with van der Waals surface area (Å²) in [6.45, 7) is 0. The molecule has 0 spiro atoms. The summed E-state index contributed by atoms with van der Waals surface area (Å²) < 4.78 is 10.4. The van der Waals surface area contributed by atoms with Gasteiger partial charge in [-0.1, -0.05) is 23.9 Å². The molecule has 0 saturated heterocycles. The maximum absolute atomic E-state index is 12.6. The lowest BCUT2D eigenvalue weighted by Crippen LogP contribution is -2.12. The van der Waals surface area contributed by atoms with E-state index in [-0.39, 0.29) is 5.91 Å². The fourth-order valence-electron chi connectivity index (χ4n) is 2.56. The number of amides is 1. The Balaban J connectivity index is 1.70. The van der Waals surface area contributed by atoms with E-state index in [0.29, 0.717) is 34.2 Å². The van der Waals surface area contributed by atoms with E-state index in [0.717, 1.165) is 10.6 Å². The standard InChI is InChI=1S/C21H21N3O3S/c1-26-17-10-15(11-18(12-17)27-2)20(25)24-16-6-3-5-14(9-16)13-28-21-19(22)7-4-8-23-21/h3-12H,13,22H2,1-2H3,(H,24,25). The van der Waals surface area contributed by atoms with Gasteiger partial charge in [0.1, 0.15) is 16.5 Å². The fraction of sp³-hybridized carbons (Fsp3) is 0.143. The molecule has 1 heterocycles. The lowest BCUT2D eigenvalue weighted by atomic mass is 10.1. The predicted molar refractivity (Wildman–Crippen MR) is 112 cm³/mol. The summed E-state index contributed by atoms with van der Waals surface area (Å²) in [7, 11) is 3.10. The van der Waals surface area contributed by atoms with Crippen LogP contribution in [0.2, 0.25) is 0 Å². The summed E-state index contributed by atoms with van der Waals surface area (Å²) >= 11 is 1.55. The van der Waals surface area contributed by atoms with Gasteiger partial charge in [-0.25, -0.2) is 4.98 Å². The minimum atomic E-state index is -0.240. The molecule has 7 heteroatoms. The van der Waals surface area contributed by atoms with E-state index in [1.54, 1.807) is 50.4 Å². The molecule has 3 N–H and O–H groups in total. The third-order valence-electron chi connectivity index (χ3n) is 3.97. The van der Waals surface area contributed by atoms with E-state index in [9.17, 15) is 4.79 Å². The first-order valence-corrected chi connectivity index (χ1v) is 9.54. The van der Waals surface area contributed by atoms with Crippen molar-refractivity contribution in [2.45, 2.75) is 10.8 Å². The zero-order valence-corrected chi connectivity index (χ0v) is 16.5. The molecule has 0 aliphatic carbocycles.